The van der Waals surface area contributed by atoms with Crippen molar-refractivity contribution >= 4 is 11.5 Å². The lowest BCUT2D eigenvalue weighted by atomic mass is 10.1. The van der Waals surface area contributed by atoms with Crippen molar-refractivity contribution in [3.8, 4) is 28.5 Å². The van der Waals surface area contributed by atoms with E-state index in [9.17, 15) is 0 Å². The lowest BCUT2D eigenvalue weighted by molar-refractivity contribution is 0.968. The van der Waals surface area contributed by atoms with Gasteiger partial charge in [-0.05, 0) is 42.8 Å². The van der Waals surface area contributed by atoms with Gasteiger partial charge in [-0.1, -0.05) is 36.4 Å². The van der Waals surface area contributed by atoms with Crippen molar-refractivity contribution in [2.24, 2.45) is 5.73 Å². The Morgan fingerprint density at radius 3 is 2.56 bits per heavy atom. The summed E-state index contributed by atoms with van der Waals surface area (Å²) in [7, 11) is 0. The number of rotatable bonds is 3. The minimum Gasteiger partial charge on any atom is -0.338 e. The van der Waals surface area contributed by atoms with E-state index in [2.05, 4.69) is 49.3 Å². The maximum atomic E-state index is 5.66. The Bertz CT molecular complexity index is 1110. The molecule has 0 saturated heterocycles. The predicted octanol–water partition coefficient (Wildman–Crippen LogP) is 3.55. The summed E-state index contributed by atoms with van der Waals surface area (Å²) in [5.41, 5.74) is 10.8. The molecule has 132 valence electrons. The second-order valence-electron chi connectivity index (χ2n) is 6.46. The first-order valence-electron chi connectivity index (χ1n) is 8.92. The lowest BCUT2D eigenvalue weighted by Crippen LogP contribution is -2.03. The van der Waals surface area contributed by atoms with Gasteiger partial charge in [-0.25, -0.2) is 4.98 Å². The smallest absolute Gasteiger partial charge is 0.171 e. The summed E-state index contributed by atoms with van der Waals surface area (Å²) in [6.45, 7) is 0.640. The van der Waals surface area contributed by atoms with Gasteiger partial charge in [0, 0.05) is 17.3 Å². The Labute approximate surface area is 156 Å². The molecule has 3 heterocycles. The first kappa shape index (κ1) is 15.7. The van der Waals surface area contributed by atoms with Crippen LogP contribution >= 0.6 is 0 Å². The molecule has 27 heavy (non-hydrogen) atoms. The number of fused-ring (bicyclic) bond motifs is 5. The summed E-state index contributed by atoms with van der Waals surface area (Å²) in [5.74, 6) is 2.37. The minimum absolute atomic E-state index is 0.640. The van der Waals surface area contributed by atoms with Crippen LogP contribution in [0.15, 0.2) is 66.9 Å². The van der Waals surface area contributed by atoms with Crippen LogP contribution in [0.1, 0.15) is 5.56 Å². The summed E-state index contributed by atoms with van der Waals surface area (Å²) in [6.07, 6.45) is 2.65. The average molecular weight is 354 g/mol. The standard InChI is InChI=1S/C21H18N6/c22-12-11-14-7-9-15(10-8-14)20-25-26-21-16-4-1-2-5-17(16)24-19-18(27(20)21)6-3-13-23-19/h1-10,13H,11-12,22H2,(H,23,24). The molecule has 0 aliphatic carbocycles. The molecule has 0 fully saturated rings. The highest BCUT2D eigenvalue weighted by Crippen LogP contribution is 2.38. The third kappa shape index (κ3) is 2.58. The quantitative estimate of drug-likeness (QED) is 0.518. The number of anilines is 2. The first-order valence-corrected chi connectivity index (χ1v) is 8.92. The average Bonchev–Trinajstić information content (AvgIpc) is 3.09. The number of aromatic nitrogens is 4. The van der Waals surface area contributed by atoms with Crippen LogP contribution in [-0.4, -0.2) is 26.3 Å². The van der Waals surface area contributed by atoms with Crippen molar-refractivity contribution in [1.82, 2.24) is 19.7 Å². The molecule has 3 N–H and O–H groups in total. The van der Waals surface area contributed by atoms with Gasteiger partial charge >= 0.3 is 0 Å². The summed E-state index contributed by atoms with van der Waals surface area (Å²) >= 11 is 0. The second kappa shape index (κ2) is 6.34. The maximum absolute atomic E-state index is 5.66. The van der Waals surface area contributed by atoms with Gasteiger partial charge in [0.05, 0.1) is 11.4 Å². The zero-order valence-electron chi connectivity index (χ0n) is 14.6. The molecule has 0 bridgehead atoms. The minimum atomic E-state index is 0.640. The highest BCUT2D eigenvalue weighted by Gasteiger charge is 2.24. The molecule has 0 unspecified atom stereocenters. The molecular weight excluding hydrogens is 336 g/mol. The van der Waals surface area contributed by atoms with Crippen molar-refractivity contribution in [3.63, 3.8) is 0 Å². The van der Waals surface area contributed by atoms with E-state index in [-0.39, 0.29) is 0 Å². The van der Waals surface area contributed by atoms with Crippen LogP contribution in [0.2, 0.25) is 0 Å². The van der Waals surface area contributed by atoms with E-state index >= 15 is 0 Å². The van der Waals surface area contributed by atoms with Crippen molar-refractivity contribution in [2.45, 2.75) is 6.42 Å². The Morgan fingerprint density at radius 2 is 1.70 bits per heavy atom. The summed E-state index contributed by atoms with van der Waals surface area (Å²) in [6, 6.07) is 20.4. The molecule has 0 saturated carbocycles. The SMILES string of the molecule is NCCc1ccc(-c2nnc3n2-c2cccnc2Nc2ccccc2-3)cc1. The Morgan fingerprint density at radius 1 is 0.889 bits per heavy atom. The van der Waals surface area contributed by atoms with Gasteiger partial charge in [-0.3, -0.25) is 4.57 Å². The van der Waals surface area contributed by atoms with Crippen LogP contribution in [0.3, 0.4) is 0 Å². The number of nitrogens with zero attached hydrogens (tertiary/aromatic N) is 4. The van der Waals surface area contributed by atoms with Gasteiger partial charge < -0.3 is 11.1 Å². The zero-order chi connectivity index (χ0) is 18.2. The molecule has 4 aromatic rings. The fourth-order valence-electron chi connectivity index (χ4n) is 3.45. The molecule has 0 atom stereocenters. The normalized spacial score (nSPS) is 11.7. The summed E-state index contributed by atoms with van der Waals surface area (Å²) in [4.78, 5) is 4.53. The zero-order valence-corrected chi connectivity index (χ0v) is 14.6. The van der Waals surface area contributed by atoms with Crippen molar-refractivity contribution in [1.29, 1.82) is 0 Å². The van der Waals surface area contributed by atoms with E-state index < -0.39 is 0 Å². The number of para-hydroxylation sites is 1. The Kier molecular flexibility index (Phi) is 3.69. The van der Waals surface area contributed by atoms with Crippen molar-refractivity contribution in [3.05, 3.63) is 72.4 Å². The van der Waals surface area contributed by atoms with Crippen molar-refractivity contribution in [2.75, 3.05) is 11.9 Å². The summed E-state index contributed by atoms with van der Waals surface area (Å²) in [5, 5.41) is 12.5. The molecule has 5 rings (SSSR count). The highest BCUT2D eigenvalue weighted by atomic mass is 15.3. The maximum Gasteiger partial charge on any atom is 0.171 e. The largest absolute Gasteiger partial charge is 0.338 e. The van der Waals surface area contributed by atoms with Gasteiger partial charge in [-0.15, -0.1) is 10.2 Å². The fraction of sp³-hybridized carbons (Fsp3) is 0.0952. The Hall–Kier alpha value is -3.51. The van der Waals surface area contributed by atoms with Gasteiger partial charge in [0.2, 0.25) is 0 Å². The number of nitrogens with one attached hydrogen (secondary N) is 1. The monoisotopic (exact) mass is 354 g/mol. The number of hydrogen-bond acceptors (Lipinski definition) is 5. The number of benzene rings is 2. The van der Waals surface area contributed by atoms with E-state index in [1.165, 1.54) is 5.56 Å². The van der Waals surface area contributed by atoms with Gasteiger partial charge in [0.1, 0.15) is 0 Å². The van der Waals surface area contributed by atoms with Crippen LogP contribution in [-0.2, 0) is 6.42 Å². The van der Waals surface area contributed by atoms with Crippen LogP contribution in [0.4, 0.5) is 11.5 Å². The number of hydrogen-bond donors (Lipinski definition) is 2. The van der Waals surface area contributed by atoms with Gasteiger partial charge in [-0.2, -0.15) is 0 Å². The first-order chi connectivity index (χ1) is 13.3. The molecule has 1 aliphatic heterocycles. The van der Waals surface area contributed by atoms with Crippen LogP contribution < -0.4 is 11.1 Å². The lowest BCUT2D eigenvalue weighted by Gasteiger charge is -2.11. The van der Waals surface area contributed by atoms with Gasteiger partial charge in [0.25, 0.3) is 0 Å². The number of nitrogens with two attached hydrogens (primary N) is 1. The molecule has 0 spiro atoms. The third-order valence-corrected chi connectivity index (χ3v) is 4.76. The highest BCUT2D eigenvalue weighted by molar-refractivity contribution is 5.84. The second-order valence-corrected chi connectivity index (χ2v) is 6.46. The van der Waals surface area contributed by atoms with E-state index in [1.54, 1.807) is 6.20 Å². The van der Waals surface area contributed by atoms with E-state index in [1.807, 2.05) is 36.4 Å². The summed E-state index contributed by atoms with van der Waals surface area (Å²) < 4.78 is 2.07. The molecule has 0 amide bonds. The Balaban J connectivity index is 1.74. The van der Waals surface area contributed by atoms with Crippen LogP contribution in [0.5, 0.6) is 0 Å². The topological polar surface area (TPSA) is 81.7 Å². The van der Waals surface area contributed by atoms with Gasteiger partial charge in [0.15, 0.2) is 17.5 Å². The van der Waals surface area contributed by atoms with Crippen molar-refractivity contribution < 1.29 is 0 Å². The molecule has 6 nitrogen and oxygen atoms in total. The molecule has 2 aromatic heterocycles. The number of pyridine rings is 1. The van der Waals surface area contributed by atoms with E-state index in [0.29, 0.717) is 6.54 Å². The van der Waals surface area contributed by atoms with Crippen LogP contribution in [0.25, 0.3) is 28.5 Å². The molecule has 6 heteroatoms. The molecule has 2 aromatic carbocycles. The van der Waals surface area contributed by atoms with Crippen LogP contribution in [0, 0.1) is 0 Å². The van der Waals surface area contributed by atoms with E-state index in [0.717, 1.165) is 46.4 Å². The predicted molar refractivity (Wildman–Crippen MR) is 106 cm³/mol. The van der Waals surface area contributed by atoms with E-state index in [4.69, 9.17) is 5.73 Å². The fourth-order valence-corrected chi connectivity index (χ4v) is 3.45. The third-order valence-electron chi connectivity index (χ3n) is 4.76. The molecule has 0 radical (unpaired) electrons. The molecule has 1 aliphatic rings. The molecular formula is C21H18N6.